The molecular weight excluding hydrogens is 296 g/mol. The average molecular weight is 322 g/mol. The number of amides is 1. The number of anilines is 1. The lowest BCUT2D eigenvalue weighted by Crippen LogP contribution is -2.47. The maximum atomic E-state index is 12.0. The Morgan fingerprint density at radius 1 is 1.43 bits per heavy atom. The van der Waals surface area contributed by atoms with Crippen LogP contribution in [0.5, 0.6) is 5.75 Å². The van der Waals surface area contributed by atoms with Crippen molar-refractivity contribution in [2.45, 2.75) is 51.2 Å². The van der Waals surface area contributed by atoms with Gasteiger partial charge in [0.25, 0.3) is 0 Å². The van der Waals surface area contributed by atoms with E-state index in [1.54, 1.807) is 32.9 Å². The van der Waals surface area contributed by atoms with Crippen molar-refractivity contribution >= 4 is 11.8 Å². The van der Waals surface area contributed by atoms with Crippen LogP contribution in [-0.2, 0) is 11.2 Å². The largest absolute Gasteiger partial charge is 0.508 e. The van der Waals surface area contributed by atoms with Crippen LogP contribution in [0.15, 0.2) is 18.2 Å². The van der Waals surface area contributed by atoms with E-state index in [0.29, 0.717) is 30.6 Å². The van der Waals surface area contributed by atoms with Gasteiger partial charge in [-0.3, -0.25) is 5.32 Å². The summed E-state index contributed by atoms with van der Waals surface area (Å²) in [4.78, 5) is 12.0. The molecule has 1 heterocycles. The highest BCUT2D eigenvalue weighted by molar-refractivity contribution is 5.86. The van der Waals surface area contributed by atoms with Gasteiger partial charge in [0.15, 0.2) is 0 Å². The number of aliphatic hydroxyl groups is 1. The number of carbonyl (C=O) groups is 1. The van der Waals surface area contributed by atoms with Crippen LogP contribution in [-0.4, -0.2) is 40.6 Å². The number of phenolic OH excluding ortho intramolecular Hbond substituents is 1. The number of hydrogen-bond donors (Lipinski definition) is 4. The van der Waals surface area contributed by atoms with E-state index in [0.717, 1.165) is 13.0 Å². The zero-order valence-corrected chi connectivity index (χ0v) is 14.0. The summed E-state index contributed by atoms with van der Waals surface area (Å²) in [6.45, 7) is 6.77. The second kappa shape index (κ2) is 6.76. The third-order valence-electron chi connectivity index (χ3n) is 3.69. The first-order valence-electron chi connectivity index (χ1n) is 7.92. The summed E-state index contributed by atoms with van der Waals surface area (Å²) in [7, 11) is 0. The Kier molecular flexibility index (Phi) is 5.16. The Bertz CT molecular complexity index is 560. The Balaban J connectivity index is 2.15. The molecule has 0 spiro atoms. The fourth-order valence-corrected chi connectivity index (χ4v) is 2.72. The quantitative estimate of drug-likeness (QED) is 0.642. The van der Waals surface area contributed by atoms with Crippen molar-refractivity contribution < 1.29 is 19.7 Å². The molecule has 0 saturated carbocycles. The molecule has 0 radical (unpaired) electrons. The third kappa shape index (κ3) is 5.41. The lowest BCUT2D eigenvalue weighted by atomic mass is 9.87. The zero-order chi connectivity index (χ0) is 17.1. The molecule has 1 aromatic carbocycles. The predicted molar refractivity (Wildman–Crippen MR) is 88.7 cm³/mol. The van der Waals surface area contributed by atoms with Gasteiger partial charge >= 0.3 is 6.09 Å². The molecule has 4 N–H and O–H groups in total. The van der Waals surface area contributed by atoms with Crippen LogP contribution in [0.2, 0.25) is 0 Å². The molecular formula is C17H26N2O4. The van der Waals surface area contributed by atoms with E-state index in [9.17, 15) is 15.0 Å². The molecule has 1 saturated heterocycles. The van der Waals surface area contributed by atoms with Crippen molar-refractivity contribution in [3.63, 3.8) is 0 Å². The maximum absolute atomic E-state index is 12.0. The standard InChI is InChI=1S/C17H26N2O4/c1-16(2,3)23-15(21)19-14-6-5-13(20)9-12(14)10-17(22)7-4-8-18-11-17/h5-6,9,18,20,22H,4,7-8,10-11H2,1-3H3,(H,19,21). The molecule has 1 amide bonds. The Morgan fingerprint density at radius 3 is 2.78 bits per heavy atom. The van der Waals surface area contributed by atoms with Gasteiger partial charge in [-0.2, -0.15) is 0 Å². The van der Waals surface area contributed by atoms with E-state index in [1.807, 2.05) is 0 Å². The van der Waals surface area contributed by atoms with Gasteiger partial charge in [0.05, 0.1) is 5.60 Å². The van der Waals surface area contributed by atoms with Crippen LogP contribution in [0.3, 0.4) is 0 Å². The van der Waals surface area contributed by atoms with Gasteiger partial charge in [-0.25, -0.2) is 4.79 Å². The van der Waals surface area contributed by atoms with Gasteiger partial charge in [-0.05, 0) is 63.9 Å². The summed E-state index contributed by atoms with van der Waals surface area (Å²) in [5.74, 6) is 0.0992. The molecule has 1 aliphatic rings. The SMILES string of the molecule is CC(C)(C)OC(=O)Nc1ccc(O)cc1CC1(O)CCCNC1. The van der Waals surface area contributed by atoms with Crippen LogP contribution in [0.25, 0.3) is 0 Å². The minimum Gasteiger partial charge on any atom is -0.508 e. The number of benzene rings is 1. The summed E-state index contributed by atoms with van der Waals surface area (Å²) >= 11 is 0. The van der Waals surface area contributed by atoms with Crippen molar-refractivity contribution in [1.29, 1.82) is 0 Å². The number of β-amino-alcohol motifs (C(OH)–C–C–N with tert-alkyl or cyclic N) is 1. The van der Waals surface area contributed by atoms with E-state index in [-0.39, 0.29) is 5.75 Å². The molecule has 23 heavy (non-hydrogen) atoms. The summed E-state index contributed by atoms with van der Waals surface area (Å²) in [6, 6.07) is 4.69. The van der Waals surface area contributed by atoms with Gasteiger partial charge in [0, 0.05) is 18.7 Å². The minimum absolute atomic E-state index is 0.0992. The summed E-state index contributed by atoms with van der Waals surface area (Å²) in [5.41, 5.74) is -0.249. The molecule has 1 fully saturated rings. The first kappa shape index (κ1) is 17.6. The summed E-state index contributed by atoms with van der Waals surface area (Å²) in [5, 5.41) is 26.3. The van der Waals surface area contributed by atoms with E-state index >= 15 is 0 Å². The first-order chi connectivity index (χ1) is 10.7. The average Bonchev–Trinajstić information content (AvgIpc) is 2.40. The molecule has 1 aromatic rings. The molecule has 0 aliphatic carbocycles. The molecule has 1 aliphatic heterocycles. The first-order valence-corrected chi connectivity index (χ1v) is 7.92. The van der Waals surface area contributed by atoms with Gasteiger partial charge in [-0.1, -0.05) is 0 Å². The number of carbonyl (C=O) groups excluding carboxylic acids is 1. The van der Waals surface area contributed by atoms with Crippen LogP contribution < -0.4 is 10.6 Å². The number of nitrogens with one attached hydrogen (secondary N) is 2. The van der Waals surface area contributed by atoms with Crippen molar-refractivity contribution in [2.24, 2.45) is 0 Å². The highest BCUT2D eigenvalue weighted by Gasteiger charge is 2.30. The number of rotatable bonds is 3. The second-order valence-electron chi connectivity index (χ2n) is 7.15. The van der Waals surface area contributed by atoms with Crippen LogP contribution in [0, 0.1) is 0 Å². The lowest BCUT2D eigenvalue weighted by molar-refractivity contribution is 0.0170. The van der Waals surface area contributed by atoms with Crippen molar-refractivity contribution in [3.05, 3.63) is 23.8 Å². The molecule has 6 nitrogen and oxygen atoms in total. The molecule has 6 heteroatoms. The van der Waals surface area contributed by atoms with E-state index in [2.05, 4.69) is 10.6 Å². The van der Waals surface area contributed by atoms with Crippen LogP contribution in [0.1, 0.15) is 39.2 Å². The zero-order valence-electron chi connectivity index (χ0n) is 14.0. The lowest BCUT2D eigenvalue weighted by Gasteiger charge is -2.33. The number of ether oxygens (including phenoxy) is 1. The summed E-state index contributed by atoms with van der Waals surface area (Å²) in [6.07, 6.45) is 1.36. The van der Waals surface area contributed by atoms with Gasteiger partial charge in [0.2, 0.25) is 0 Å². The number of phenols is 1. The molecule has 0 aromatic heterocycles. The number of hydrogen-bond acceptors (Lipinski definition) is 5. The molecule has 1 atom stereocenters. The van der Waals surface area contributed by atoms with Gasteiger partial charge in [-0.15, -0.1) is 0 Å². The Morgan fingerprint density at radius 2 is 2.17 bits per heavy atom. The van der Waals surface area contributed by atoms with E-state index in [4.69, 9.17) is 4.74 Å². The number of piperidine rings is 1. The van der Waals surface area contributed by atoms with Crippen LogP contribution in [0.4, 0.5) is 10.5 Å². The highest BCUT2D eigenvalue weighted by Crippen LogP contribution is 2.29. The maximum Gasteiger partial charge on any atom is 0.412 e. The smallest absolute Gasteiger partial charge is 0.412 e. The second-order valence-corrected chi connectivity index (χ2v) is 7.15. The number of aromatic hydroxyl groups is 1. The third-order valence-corrected chi connectivity index (χ3v) is 3.69. The topological polar surface area (TPSA) is 90.8 Å². The van der Waals surface area contributed by atoms with Gasteiger partial charge in [0.1, 0.15) is 11.4 Å². The van der Waals surface area contributed by atoms with Crippen molar-refractivity contribution in [3.8, 4) is 5.75 Å². The summed E-state index contributed by atoms with van der Waals surface area (Å²) < 4.78 is 5.25. The highest BCUT2D eigenvalue weighted by atomic mass is 16.6. The van der Waals surface area contributed by atoms with Crippen molar-refractivity contribution in [1.82, 2.24) is 5.32 Å². The minimum atomic E-state index is -0.879. The molecule has 0 bridgehead atoms. The fraction of sp³-hybridized carbons (Fsp3) is 0.588. The van der Waals surface area contributed by atoms with Crippen LogP contribution >= 0.6 is 0 Å². The van der Waals surface area contributed by atoms with Gasteiger partial charge < -0.3 is 20.3 Å². The molecule has 128 valence electrons. The normalized spacial score (nSPS) is 21.7. The Hall–Kier alpha value is -1.79. The Labute approximate surface area is 136 Å². The monoisotopic (exact) mass is 322 g/mol. The van der Waals surface area contributed by atoms with Crippen molar-refractivity contribution in [2.75, 3.05) is 18.4 Å². The van der Waals surface area contributed by atoms with E-state index in [1.165, 1.54) is 6.07 Å². The van der Waals surface area contributed by atoms with E-state index < -0.39 is 17.3 Å². The fourth-order valence-electron chi connectivity index (χ4n) is 2.72. The molecule has 1 unspecified atom stereocenters. The molecule has 2 rings (SSSR count). The predicted octanol–water partition coefficient (Wildman–Crippen LogP) is 2.40.